The lowest BCUT2D eigenvalue weighted by molar-refractivity contribution is 0.585. The average Bonchev–Trinajstić information content (AvgIpc) is 2.18. The van der Waals surface area contributed by atoms with Crippen LogP contribution in [0.25, 0.3) is 0 Å². The Morgan fingerprint density at radius 1 is 1.00 bits per heavy atom. The van der Waals surface area contributed by atoms with Crippen LogP contribution in [0.2, 0.25) is 0 Å². The van der Waals surface area contributed by atoms with Gasteiger partial charge in [-0.3, -0.25) is 0 Å². The first-order valence-corrected chi connectivity index (χ1v) is 6.46. The molecule has 16 heavy (non-hydrogen) atoms. The SMILES string of the molecule is CCC.CCc1ccc(C)c(C(C)(C)C)c1. The molecule has 0 amide bonds. The van der Waals surface area contributed by atoms with Crippen molar-refractivity contribution >= 4 is 0 Å². The number of rotatable bonds is 1. The van der Waals surface area contributed by atoms with Crippen molar-refractivity contribution in [3.05, 3.63) is 34.9 Å². The Balaban J connectivity index is 0.000000673. The molecule has 0 aliphatic rings. The maximum Gasteiger partial charge on any atom is -0.0129 e. The van der Waals surface area contributed by atoms with E-state index in [4.69, 9.17) is 0 Å². The van der Waals surface area contributed by atoms with E-state index in [2.05, 4.69) is 66.7 Å². The van der Waals surface area contributed by atoms with E-state index in [-0.39, 0.29) is 5.41 Å². The first-order chi connectivity index (χ1) is 7.36. The number of hydrogen-bond donors (Lipinski definition) is 0. The van der Waals surface area contributed by atoms with Gasteiger partial charge < -0.3 is 0 Å². The molecule has 0 saturated heterocycles. The highest BCUT2D eigenvalue weighted by Gasteiger charge is 2.15. The Morgan fingerprint density at radius 3 is 1.88 bits per heavy atom. The zero-order valence-corrected chi connectivity index (χ0v) is 12.1. The molecular formula is C16H28. The van der Waals surface area contributed by atoms with E-state index < -0.39 is 0 Å². The van der Waals surface area contributed by atoms with Crippen LogP contribution in [0.15, 0.2) is 18.2 Å². The second-order valence-corrected chi connectivity index (χ2v) is 5.46. The van der Waals surface area contributed by atoms with Crippen molar-refractivity contribution in [2.45, 2.75) is 66.7 Å². The van der Waals surface area contributed by atoms with E-state index in [1.807, 2.05) is 0 Å². The summed E-state index contributed by atoms with van der Waals surface area (Å²) >= 11 is 0. The largest absolute Gasteiger partial charge is 0.0656 e. The van der Waals surface area contributed by atoms with Crippen LogP contribution >= 0.6 is 0 Å². The molecule has 0 aliphatic heterocycles. The molecule has 0 atom stereocenters. The molecule has 1 rings (SSSR count). The van der Waals surface area contributed by atoms with Crippen molar-refractivity contribution < 1.29 is 0 Å². The molecule has 0 unspecified atom stereocenters. The summed E-state index contributed by atoms with van der Waals surface area (Å²) in [5, 5.41) is 0. The van der Waals surface area contributed by atoms with Crippen molar-refractivity contribution in [2.24, 2.45) is 0 Å². The van der Waals surface area contributed by atoms with Crippen LogP contribution in [0.5, 0.6) is 0 Å². The van der Waals surface area contributed by atoms with Gasteiger partial charge in [0, 0.05) is 0 Å². The van der Waals surface area contributed by atoms with Crippen LogP contribution in [0.4, 0.5) is 0 Å². The van der Waals surface area contributed by atoms with Crippen molar-refractivity contribution in [1.29, 1.82) is 0 Å². The summed E-state index contributed by atoms with van der Waals surface area (Å²) in [6, 6.07) is 6.80. The quantitative estimate of drug-likeness (QED) is 0.604. The predicted molar refractivity (Wildman–Crippen MR) is 75.2 cm³/mol. The fourth-order valence-electron chi connectivity index (χ4n) is 1.70. The fourth-order valence-corrected chi connectivity index (χ4v) is 1.70. The van der Waals surface area contributed by atoms with Gasteiger partial charge in [0.15, 0.2) is 0 Å². The zero-order chi connectivity index (χ0) is 12.8. The predicted octanol–water partition coefficient (Wildman–Crippen LogP) is 5.27. The lowest BCUT2D eigenvalue weighted by Crippen LogP contribution is -2.13. The first kappa shape index (κ1) is 15.2. The minimum atomic E-state index is 0.273. The second kappa shape index (κ2) is 6.73. The summed E-state index contributed by atoms with van der Waals surface area (Å²) in [4.78, 5) is 0. The Bertz CT molecular complexity index is 302. The van der Waals surface area contributed by atoms with Crippen molar-refractivity contribution in [3.63, 3.8) is 0 Å². The molecule has 0 radical (unpaired) electrons. The summed E-state index contributed by atoms with van der Waals surface area (Å²) in [7, 11) is 0. The number of hydrogen-bond acceptors (Lipinski definition) is 0. The van der Waals surface area contributed by atoms with Gasteiger partial charge in [-0.05, 0) is 35.4 Å². The number of benzene rings is 1. The van der Waals surface area contributed by atoms with Gasteiger partial charge in [-0.2, -0.15) is 0 Å². The third kappa shape index (κ3) is 4.83. The minimum Gasteiger partial charge on any atom is -0.0656 e. The Kier molecular flexibility index (Phi) is 6.40. The smallest absolute Gasteiger partial charge is 0.0129 e. The van der Waals surface area contributed by atoms with Gasteiger partial charge in [-0.25, -0.2) is 0 Å². The molecule has 0 heteroatoms. The highest BCUT2D eigenvalue weighted by atomic mass is 14.2. The standard InChI is InChI=1S/C13H20.C3H8/c1-6-11-8-7-10(2)12(9-11)13(3,4)5;1-3-2/h7-9H,6H2,1-5H3;3H2,1-2H3. The summed E-state index contributed by atoms with van der Waals surface area (Å²) < 4.78 is 0. The van der Waals surface area contributed by atoms with Crippen molar-refractivity contribution in [2.75, 3.05) is 0 Å². The molecule has 92 valence electrons. The lowest BCUT2D eigenvalue weighted by Gasteiger charge is -2.22. The van der Waals surface area contributed by atoms with E-state index in [1.165, 1.54) is 23.1 Å². The van der Waals surface area contributed by atoms with Crippen LogP contribution in [0.3, 0.4) is 0 Å². The zero-order valence-electron chi connectivity index (χ0n) is 12.1. The van der Waals surface area contributed by atoms with E-state index in [9.17, 15) is 0 Å². The Hall–Kier alpha value is -0.780. The third-order valence-electron chi connectivity index (χ3n) is 2.52. The van der Waals surface area contributed by atoms with Gasteiger partial charge in [0.2, 0.25) is 0 Å². The molecule has 0 bridgehead atoms. The van der Waals surface area contributed by atoms with Gasteiger partial charge >= 0.3 is 0 Å². The normalized spacial score (nSPS) is 10.7. The van der Waals surface area contributed by atoms with E-state index in [0.717, 1.165) is 6.42 Å². The molecule has 0 N–H and O–H groups in total. The monoisotopic (exact) mass is 220 g/mol. The molecule has 0 saturated carbocycles. The van der Waals surface area contributed by atoms with Gasteiger partial charge in [-0.1, -0.05) is 66.2 Å². The minimum absolute atomic E-state index is 0.273. The van der Waals surface area contributed by atoms with Crippen LogP contribution in [-0.2, 0) is 11.8 Å². The molecule has 0 spiro atoms. The first-order valence-electron chi connectivity index (χ1n) is 6.46. The third-order valence-corrected chi connectivity index (χ3v) is 2.52. The van der Waals surface area contributed by atoms with Gasteiger partial charge in [-0.15, -0.1) is 0 Å². The molecule has 0 aliphatic carbocycles. The lowest BCUT2D eigenvalue weighted by atomic mass is 9.83. The summed E-state index contributed by atoms with van der Waals surface area (Å²) in [6.07, 6.45) is 2.38. The molecule has 1 aromatic rings. The van der Waals surface area contributed by atoms with E-state index in [0.29, 0.717) is 0 Å². The van der Waals surface area contributed by atoms with Crippen molar-refractivity contribution in [1.82, 2.24) is 0 Å². The number of aryl methyl sites for hydroxylation is 2. The van der Waals surface area contributed by atoms with Gasteiger partial charge in [0.05, 0.1) is 0 Å². The average molecular weight is 220 g/mol. The summed E-state index contributed by atoms with van der Waals surface area (Å²) in [6.45, 7) is 15.5. The van der Waals surface area contributed by atoms with Crippen LogP contribution in [0, 0.1) is 6.92 Å². The Morgan fingerprint density at radius 2 is 1.50 bits per heavy atom. The summed E-state index contributed by atoms with van der Waals surface area (Å²) in [5.41, 5.74) is 4.60. The van der Waals surface area contributed by atoms with Gasteiger partial charge in [0.25, 0.3) is 0 Å². The second-order valence-electron chi connectivity index (χ2n) is 5.46. The highest BCUT2D eigenvalue weighted by Crippen LogP contribution is 2.26. The van der Waals surface area contributed by atoms with Crippen molar-refractivity contribution in [3.8, 4) is 0 Å². The van der Waals surface area contributed by atoms with E-state index in [1.54, 1.807) is 0 Å². The molecule has 0 fully saturated rings. The molecule has 0 nitrogen and oxygen atoms in total. The maximum absolute atomic E-state index is 2.34. The topological polar surface area (TPSA) is 0 Å². The maximum atomic E-state index is 2.34. The molecule has 0 aromatic heterocycles. The molecular weight excluding hydrogens is 192 g/mol. The fraction of sp³-hybridized carbons (Fsp3) is 0.625. The molecule has 0 heterocycles. The van der Waals surface area contributed by atoms with Crippen LogP contribution < -0.4 is 0 Å². The van der Waals surface area contributed by atoms with Crippen LogP contribution in [-0.4, -0.2) is 0 Å². The molecule has 1 aromatic carbocycles. The highest BCUT2D eigenvalue weighted by molar-refractivity contribution is 5.35. The van der Waals surface area contributed by atoms with Gasteiger partial charge in [0.1, 0.15) is 0 Å². The van der Waals surface area contributed by atoms with Crippen LogP contribution in [0.1, 0.15) is 64.7 Å². The Labute approximate surface area is 102 Å². The summed E-state index contributed by atoms with van der Waals surface area (Å²) in [5.74, 6) is 0. The van der Waals surface area contributed by atoms with E-state index >= 15 is 0 Å².